The summed E-state index contributed by atoms with van der Waals surface area (Å²) in [5.41, 5.74) is -0.130. The molecule has 5 heteroatoms. The van der Waals surface area contributed by atoms with Crippen LogP contribution in [0.25, 0.3) is 0 Å². The molecule has 5 nitrogen and oxygen atoms in total. The maximum Gasteiger partial charge on any atom is 0.339 e. The van der Waals surface area contributed by atoms with Gasteiger partial charge in [-0.15, -0.1) is 0 Å². The highest BCUT2D eigenvalue weighted by Crippen LogP contribution is 2.23. The van der Waals surface area contributed by atoms with Crippen LogP contribution < -0.4 is 4.74 Å². The molecule has 0 radical (unpaired) electrons. The monoisotopic (exact) mass is 366 g/mol. The minimum atomic E-state index is -1.16. The molecule has 0 unspecified atom stereocenters. The summed E-state index contributed by atoms with van der Waals surface area (Å²) in [4.78, 5) is 10.8. The van der Waals surface area contributed by atoms with Gasteiger partial charge in [0, 0.05) is 12.7 Å². The number of carboxylic acids is 1. The van der Waals surface area contributed by atoms with Crippen molar-refractivity contribution in [2.45, 2.75) is 71.1 Å². The summed E-state index contributed by atoms with van der Waals surface area (Å²) in [5, 5.41) is 18.4. The molecule has 1 aromatic rings. The number of hydrogen-bond acceptors (Lipinski definition) is 4. The molecule has 0 fully saturated rings. The molecule has 2 N–H and O–H groups in total. The van der Waals surface area contributed by atoms with Crippen LogP contribution >= 0.6 is 0 Å². The fraction of sp³-hybridized carbons (Fsp3) is 0.667. The minimum absolute atomic E-state index is 0.130. The summed E-state index contributed by atoms with van der Waals surface area (Å²) in [5.74, 6) is -1.01. The van der Waals surface area contributed by atoms with Crippen LogP contribution in [-0.4, -0.2) is 36.0 Å². The van der Waals surface area contributed by atoms with Crippen molar-refractivity contribution in [1.82, 2.24) is 0 Å². The van der Waals surface area contributed by atoms with Gasteiger partial charge >= 0.3 is 5.97 Å². The number of unbranched alkanes of at least 4 members (excludes halogenated alkanes) is 9. The number of carbonyl (C=O) groups is 1. The minimum Gasteiger partial charge on any atom is -0.507 e. The van der Waals surface area contributed by atoms with Gasteiger partial charge in [0.25, 0.3) is 0 Å². The smallest absolute Gasteiger partial charge is 0.339 e. The topological polar surface area (TPSA) is 76.0 Å². The van der Waals surface area contributed by atoms with E-state index < -0.39 is 5.97 Å². The molecule has 1 aromatic carbocycles. The van der Waals surface area contributed by atoms with Crippen molar-refractivity contribution in [2.75, 3.05) is 19.8 Å². The first-order valence-corrected chi connectivity index (χ1v) is 9.92. The zero-order valence-corrected chi connectivity index (χ0v) is 16.0. The lowest BCUT2D eigenvalue weighted by Gasteiger charge is -2.08. The number of ether oxygens (including phenoxy) is 2. The third-order valence-electron chi connectivity index (χ3n) is 4.34. The van der Waals surface area contributed by atoms with Crippen molar-refractivity contribution in [3.8, 4) is 11.5 Å². The zero-order valence-electron chi connectivity index (χ0n) is 16.0. The first-order valence-electron chi connectivity index (χ1n) is 9.92. The van der Waals surface area contributed by atoms with Crippen LogP contribution in [0.4, 0.5) is 0 Å². The average Bonchev–Trinajstić information content (AvgIpc) is 2.61. The lowest BCUT2D eigenvalue weighted by molar-refractivity contribution is 0.0693. The lowest BCUT2D eigenvalue weighted by atomic mass is 10.1. The van der Waals surface area contributed by atoms with Crippen LogP contribution in [-0.2, 0) is 4.74 Å². The van der Waals surface area contributed by atoms with E-state index in [1.54, 1.807) is 0 Å². The molecule has 0 aliphatic heterocycles. The predicted molar refractivity (Wildman–Crippen MR) is 103 cm³/mol. The lowest BCUT2D eigenvalue weighted by Crippen LogP contribution is -2.07. The van der Waals surface area contributed by atoms with E-state index in [2.05, 4.69) is 6.92 Å². The number of phenols is 1. The highest BCUT2D eigenvalue weighted by atomic mass is 16.5. The standard InChI is InChI=1S/C21H34O5/c1-2-3-4-5-6-7-8-9-10-11-14-25-15-16-26-18-12-13-19(21(23)24)20(22)17-18/h12-13,17,22H,2-11,14-16H2,1H3,(H,23,24). The van der Waals surface area contributed by atoms with Gasteiger partial charge in [0.2, 0.25) is 0 Å². The first kappa shape index (κ1) is 22.3. The maximum atomic E-state index is 10.8. The summed E-state index contributed by atoms with van der Waals surface area (Å²) in [6.45, 7) is 3.85. The van der Waals surface area contributed by atoms with E-state index in [1.165, 1.54) is 76.0 Å². The van der Waals surface area contributed by atoms with Gasteiger partial charge < -0.3 is 19.7 Å². The number of aromatic hydroxyl groups is 1. The Morgan fingerprint density at radius 2 is 1.50 bits per heavy atom. The second-order valence-electron chi connectivity index (χ2n) is 6.63. The van der Waals surface area contributed by atoms with E-state index in [1.807, 2.05) is 0 Å². The van der Waals surface area contributed by atoms with Gasteiger partial charge in [-0.2, -0.15) is 0 Å². The van der Waals surface area contributed by atoms with Gasteiger partial charge in [0.05, 0.1) is 6.61 Å². The van der Waals surface area contributed by atoms with E-state index in [-0.39, 0.29) is 11.3 Å². The Hall–Kier alpha value is -1.75. The Bertz CT molecular complexity index is 501. The van der Waals surface area contributed by atoms with Crippen LogP contribution in [0.2, 0.25) is 0 Å². The molecule has 0 aliphatic carbocycles. The van der Waals surface area contributed by atoms with Crippen molar-refractivity contribution in [3.63, 3.8) is 0 Å². The van der Waals surface area contributed by atoms with Crippen molar-refractivity contribution < 1.29 is 24.5 Å². The Morgan fingerprint density at radius 1 is 0.885 bits per heavy atom. The van der Waals surface area contributed by atoms with Crippen molar-refractivity contribution in [3.05, 3.63) is 23.8 Å². The van der Waals surface area contributed by atoms with Gasteiger partial charge in [-0.05, 0) is 18.6 Å². The molecule has 0 aromatic heterocycles. The van der Waals surface area contributed by atoms with Gasteiger partial charge in [0.15, 0.2) is 0 Å². The molecule has 0 bridgehead atoms. The molecule has 1 rings (SSSR count). The first-order chi connectivity index (χ1) is 12.6. The van der Waals surface area contributed by atoms with Crippen molar-refractivity contribution >= 4 is 5.97 Å². The van der Waals surface area contributed by atoms with E-state index in [4.69, 9.17) is 14.6 Å². The molecule has 0 saturated heterocycles. The normalized spacial score (nSPS) is 10.8. The van der Waals surface area contributed by atoms with Crippen LogP contribution in [0.3, 0.4) is 0 Å². The summed E-state index contributed by atoms with van der Waals surface area (Å²) in [6.07, 6.45) is 13.1. The molecule has 0 saturated carbocycles. The molecule has 0 aliphatic rings. The summed E-state index contributed by atoms with van der Waals surface area (Å²) in [7, 11) is 0. The van der Waals surface area contributed by atoms with Crippen LogP contribution in [0.5, 0.6) is 11.5 Å². The van der Waals surface area contributed by atoms with Crippen LogP contribution in [0.1, 0.15) is 81.5 Å². The third kappa shape index (κ3) is 10.3. The second-order valence-corrected chi connectivity index (χ2v) is 6.63. The fourth-order valence-electron chi connectivity index (χ4n) is 2.79. The van der Waals surface area contributed by atoms with Gasteiger partial charge in [-0.25, -0.2) is 4.79 Å². The molecule has 0 atom stereocenters. The summed E-state index contributed by atoms with van der Waals surface area (Å²) >= 11 is 0. The number of rotatable bonds is 16. The number of aromatic carboxylic acids is 1. The second kappa shape index (κ2) is 14.4. The molecular weight excluding hydrogens is 332 g/mol. The third-order valence-corrected chi connectivity index (χ3v) is 4.34. The number of hydrogen-bond donors (Lipinski definition) is 2. The molecule has 0 spiro atoms. The number of benzene rings is 1. The van der Waals surface area contributed by atoms with E-state index in [0.29, 0.717) is 19.0 Å². The summed E-state index contributed by atoms with van der Waals surface area (Å²) < 4.78 is 11.0. The van der Waals surface area contributed by atoms with Gasteiger partial charge in [-0.1, -0.05) is 64.7 Å². The maximum absolute atomic E-state index is 10.8. The molecule has 0 heterocycles. The largest absolute Gasteiger partial charge is 0.507 e. The van der Waals surface area contributed by atoms with Gasteiger partial charge in [-0.3, -0.25) is 0 Å². The average molecular weight is 366 g/mol. The number of carboxylic acid groups (broad SMARTS) is 1. The SMILES string of the molecule is CCCCCCCCCCCCOCCOc1ccc(C(=O)O)c(O)c1. The Morgan fingerprint density at radius 3 is 2.08 bits per heavy atom. The zero-order chi connectivity index (χ0) is 19.0. The van der Waals surface area contributed by atoms with Crippen molar-refractivity contribution in [1.29, 1.82) is 0 Å². The summed E-state index contributed by atoms with van der Waals surface area (Å²) in [6, 6.07) is 4.18. The molecule has 0 amide bonds. The Labute approximate surface area is 157 Å². The highest BCUT2D eigenvalue weighted by molar-refractivity contribution is 5.90. The van der Waals surface area contributed by atoms with Crippen molar-refractivity contribution in [2.24, 2.45) is 0 Å². The van der Waals surface area contributed by atoms with E-state index in [0.717, 1.165) is 13.0 Å². The highest BCUT2D eigenvalue weighted by Gasteiger charge is 2.09. The van der Waals surface area contributed by atoms with Gasteiger partial charge in [0.1, 0.15) is 23.7 Å². The van der Waals surface area contributed by atoms with E-state index in [9.17, 15) is 9.90 Å². The van der Waals surface area contributed by atoms with E-state index >= 15 is 0 Å². The Balaban J connectivity index is 1.92. The molecular formula is C21H34O5. The Kier molecular flexibility index (Phi) is 12.4. The molecule has 26 heavy (non-hydrogen) atoms. The molecule has 148 valence electrons. The van der Waals surface area contributed by atoms with Crippen LogP contribution in [0, 0.1) is 0 Å². The quantitative estimate of drug-likeness (QED) is 0.383. The van der Waals surface area contributed by atoms with Crippen LogP contribution in [0.15, 0.2) is 18.2 Å². The fourth-order valence-corrected chi connectivity index (χ4v) is 2.79. The predicted octanol–water partition coefficient (Wildman–Crippen LogP) is 5.41.